The summed E-state index contributed by atoms with van der Waals surface area (Å²) in [6.45, 7) is 6.73. The average Bonchev–Trinajstić information content (AvgIpc) is 3.20. The molecule has 5 nitrogen and oxygen atoms in total. The lowest BCUT2D eigenvalue weighted by Gasteiger charge is -2.25. The van der Waals surface area contributed by atoms with Crippen molar-refractivity contribution in [3.63, 3.8) is 0 Å². The summed E-state index contributed by atoms with van der Waals surface area (Å²) in [7, 11) is 0. The van der Waals surface area contributed by atoms with Crippen molar-refractivity contribution in [2.45, 2.75) is 26.6 Å². The molecule has 1 saturated heterocycles. The second-order valence-corrected chi connectivity index (χ2v) is 6.88. The third kappa shape index (κ3) is 7.81. The number of carbonyl (C=O) groups excluding carboxylic acids is 1. The van der Waals surface area contributed by atoms with E-state index in [1.807, 2.05) is 31.2 Å². The van der Waals surface area contributed by atoms with Gasteiger partial charge in [-0.3, -0.25) is 4.79 Å². The van der Waals surface area contributed by atoms with Gasteiger partial charge in [-0.25, -0.2) is 0 Å². The summed E-state index contributed by atoms with van der Waals surface area (Å²) < 4.78 is 11.3. The second-order valence-electron chi connectivity index (χ2n) is 6.32. The predicted molar refractivity (Wildman–Crippen MR) is 114 cm³/mol. The minimum Gasteiger partial charge on any atom is -0.394 e. The van der Waals surface area contributed by atoms with Crippen LogP contribution in [0.25, 0.3) is 0 Å². The Balaban J connectivity index is 0.000000245. The number of hydrogen-bond acceptors (Lipinski definition) is 5. The molecule has 0 aliphatic carbocycles. The monoisotopic (exact) mass is 452 g/mol. The molecule has 0 unspecified atom stereocenters. The van der Waals surface area contributed by atoms with Crippen LogP contribution in [-0.4, -0.2) is 47.8 Å². The molecule has 1 aliphatic heterocycles. The highest BCUT2D eigenvalue weighted by Crippen LogP contribution is 2.33. The topological polar surface area (TPSA) is 76.0 Å². The van der Waals surface area contributed by atoms with Gasteiger partial charge < -0.3 is 19.7 Å². The number of halogens is 1. The number of aliphatic hydroxyl groups is 2. The molecule has 0 aromatic heterocycles. The summed E-state index contributed by atoms with van der Waals surface area (Å²) in [4.78, 5) is 10.8. The van der Waals surface area contributed by atoms with Crippen LogP contribution >= 0.6 is 15.9 Å². The number of benzene rings is 2. The first kappa shape index (κ1) is 24.5. The van der Waals surface area contributed by atoms with Gasteiger partial charge in [-0.1, -0.05) is 75.6 Å². The Bertz CT molecular complexity index is 690. The van der Waals surface area contributed by atoms with Crippen molar-refractivity contribution in [1.29, 1.82) is 0 Å². The first-order chi connectivity index (χ1) is 13.4. The van der Waals surface area contributed by atoms with Crippen LogP contribution in [0.3, 0.4) is 0 Å². The van der Waals surface area contributed by atoms with E-state index in [0.29, 0.717) is 18.5 Å². The lowest BCUT2D eigenvalue weighted by atomic mass is 10.1. The van der Waals surface area contributed by atoms with Crippen molar-refractivity contribution < 1.29 is 24.5 Å². The average molecular weight is 453 g/mol. The molecule has 1 fully saturated rings. The Morgan fingerprint density at radius 3 is 1.71 bits per heavy atom. The maximum atomic E-state index is 10.8. The largest absolute Gasteiger partial charge is 0.394 e. The number of hydrogen-bond donors (Lipinski definition) is 2. The van der Waals surface area contributed by atoms with E-state index in [1.165, 1.54) is 11.1 Å². The first-order valence-corrected chi connectivity index (χ1v) is 10.2. The maximum Gasteiger partial charge on any atom is 0.204 e. The van der Waals surface area contributed by atoms with Crippen molar-refractivity contribution in [2.24, 2.45) is 0 Å². The summed E-state index contributed by atoms with van der Waals surface area (Å²) in [6, 6.07) is 15.8. The molecule has 28 heavy (non-hydrogen) atoms. The number of ether oxygens (including phenoxy) is 2. The number of ketones is 1. The lowest BCUT2D eigenvalue weighted by Crippen LogP contribution is -2.28. The number of carbonyl (C=O) groups is 1. The van der Waals surface area contributed by atoms with Gasteiger partial charge in [-0.2, -0.15) is 0 Å². The highest BCUT2D eigenvalue weighted by molar-refractivity contribution is 9.09. The van der Waals surface area contributed by atoms with Crippen molar-refractivity contribution >= 4 is 21.7 Å². The van der Waals surface area contributed by atoms with Crippen LogP contribution in [0.15, 0.2) is 48.5 Å². The molecule has 1 heterocycles. The molecule has 0 atom stereocenters. The van der Waals surface area contributed by atoms with Crippen LogP contribution in [0.1, 0.15) is 34.0 Å². The fraction of sp³-hybridized carbons (Fsp3) is 0.409. The van der Waals surface area contributed by atoms with Gasteiger partial charge in [0.2, 0.25) is 5.79 Å². The molecule has 0 bridgehead atoms. The van der Waals surface area contributed by atoms with Crippen molar-refractivity contribution in [1.82, 2.24) is 0 Å². The SMILES string of the molecule is CC(=O)c1ccc(C)cc1.Cc1ccc(C2(CBr)OCCO2)cc1.OCCO. The Kier molecular flexibility index (Phi) is 11.2. The summed E-state index contributed by atoms with van der Waals surface area (Å²) in [5.74, 6) is -0.437. The molecule has 1 aliphatic rings. The standard InChI is InChI=1S/C11H13BrO2.C9H10O.C2H6O2/c1-9-2-4-10(5-3-9)11(8-12)13-6-7-14-11;1-7-3-5-9(6-4-7)8(2)10;3-1-2-4/h2-5H,6-8H2,1H3;3-6H,1-2H3;3-4H,1-2H2. The van der Waals surface area contributed by atoms with Gasteiger partial charge in [0.05, 0.1) is 31.8 Å². The van der Waals surface area contributed by atoms with Crippen LogP contribution in [-0.2, 0) is 15.3 Å². The molecule has 6 heteroatoms. The molecule has 0 spiro atoms. The minimum absolute atomic E-state index is 0.125. The van der Waals surface area contributed by atoms with Gasteiger partial charge in [0, 0.05) is 11.1 Å². The van der Waals surface area contributed by atoms with Gasteiger partial charge in [0.15, 0.2) is 5.78 Å². The van der Waals surface area contributed by atoms with E-state index in [9.17, 15) is 4.79 Å². The fourth-order valence-electron chi connectivity index (χ4n) is 2.37. The Morgan fingerprint density at radius 2 is 1.36 bits per heavy atom. The van der Waals surface area contributed by atoms with Crippen molar-refractivity contribution in [2.75, 3.05) is 31.8 Å². The molecule has 2 aromatic rings. The Labute approximate surface area is 175 Å². The smallest absolute Gasteiger partial charge is 0.204 e. The van der Waals surface area contributed by atoms with Crippen LogP contribution in [0, 0.1) is 13.8 Å². The predicted octanol–water partition coefficient (Wildman–Crippen LogP) is 3.76. The van der Waals surface area contributed by atoms with Crippen LogP contribution < -0.4 is 0 Å². The number of rotatable bonds is 4. The molecular weight excluding hydrogens is 424 g/mol. The second kappa shape index (κ2) is 12.8. The van der Waals surface area contributed by atoms with Gasteiger partial charge >= 0.3 is 0 Å². The van der Waals surface area contributed by atoms with E-state index in [0.717, 1.165) is 11.1 Å². The zero-order valence-electron chi connectivity index (χ0n) is 16.7. The normalized spacial score (nSPS) is 14.4. The van der Waals surface area contributed by atoms with Crippen LogP contribution in [0.5, 0.6) is 0 Å². The number of Topliss-reactive ketones (excluding diaryl/α,β-unsaturated/α-hetero) is 1. The molecule has 2 aromatic carbocycles. The van der Waals surface area contributed by atoms with Gasteiger partial charge in [-0.05, 0) is 20.8 Å². The number of aryl methyl sites for hydroxylation is 2. The zero-order valence-corrected chi connectivity index (χ0v) is 18.2. The van der Waals surface area contributed by atoms with Gasteiger partial charge in [0.1, 0.15) is 0 Å². The van der Waals surface area contributed by atoms with E-state index in [2.05, 4.69) is 47.1 Å². The van der Waals surface area contributed by atoms with E-state index in [1.54, 1.807) is 6.92 Å². The van der Waals surface area contributed by atoms with Gasteiger partial charge in [-0.15, -0.1) is 0 Å². The molecule has 3 rings (SSSR count). The molecule has 0 saturated carbocycles. The first-order valence-electron chi connectivity index (χ1n) is 9.09. The summed E-state index contributed by atoms with van der Waals surface area (Å²) in [6.07, 6.45) is 0. The van der Waals surface area contributed by atoms with Crippen molar-refractivity contribution in [3.8, 4) is 0 Å². The Hall–Kier alpha value is -1.57. The third-order valence-electron chi connectivity index (χ3n) is 3.98. The number of alkyl halides is 1. The minimum atomic E-state index is -0.562. The summed E-state index contributed by atoms with van der Waals surface area (Å²) >= 11 is 3.44. The highest BCUT2D eigenvalue weighted by atomic mass is 79.9. The molecule has 0 amide bonds. The molecule has 0 radical (unpaired) electrons. The van der Waals surface area contributed by atoms with Crippen LogP contribution in [0.2, 0.25) is 0 Å². The third-order valence-corrected chi connectivity index (χ3v) is 4.72. The molecule has 154 valence electrons. The van der Waals surface area contributed by atoms with Gasteiger partial charge in [0.25, 0.3) is 0 Å². The van der Waals surface area contributed by atoms with Crippen LogP contribution in [0.4, 0.5) is 0 Å². The number of aliphatic hydroxyl groups excluding tert-OH is 2. The zero-order chi connectivity index (χ0) is 21.0. The van der Waals surface area contributed by atoms with E-state index >= 15 is 0 Å². The fourth-order valence-corrected chi connectivity index (χ4v) is 3.02. The molecular formula is C22H29BrO5. The summed E-state index contributed by atoms with van der Waals surface area (Å²) in [5, 5.41) is 15.9. The van der Waals surface area contributed by atoms with E-state index in [-0.39, 0.29) is 19.0 Å². The van der Waals surface area contributed by atoms with E-state index in [4.69, 9.17) is 19.7 Å². The maximum absolute atomic E-state index is 10.8. The van der Waals surface area contributed by atoms with Crippen molar-refractivity contribution in [3.05, 3.63) is 70.8 Å². The highest BCUT2D eigenvalue weighted by Gasteiger charge is 2.37. The summed E-state index contributed by atoms with van der Waals surface area (Å²) in [5.41, 5.74) is 4.30. The lowest BCUT2D eigenvalue weighted by molar-refractivity contribution is -0.144. The Morgan fingerprint density at radius 1 is 0.929 bits per heavy atom. The van der Waals surface area contributed by atoms with E-state index < -0.39 is 5.79 Å². The quantitative estimate of drug-likeness (QED) is 0.545. The molecule has 2 N–H and O–H groups in total.